The third-order valence-electron chi connectivity index (χ3n) is 3.29. The van der Waals surface area contributed by atoms with Gasteiger partial charge in [-0.3, -0.25) is 10.2 Å². The number of carbonyl (C=O) groups is 2. The van der Waals surface area contributed by atoms with E-state index < -0.39 is 12.0 Å². The van der Waals surface area contributed by atoms with Crippen LogP contribution >= 0.6 is 0 Å². The molecule has 0 aromatic rings. The molecule has 0 radical (unpaired) electrons. The van der Waals surface area contributed by atoms with Gasteiger partial charge in [-0.15, -0.1) is 0 Å². The van der Waals surface area contributed by atoms with Gasteiger partial charge in [0.15, 0.2) is 0 Å². The summed E-state index contributed by atoms with van der Waals surface area (Å²) in [7, 11) is 0. The first-order valence-corrected chi connectivity index (χ1v) is 7.83. The number of carboxylic acid groups (broad SMARTS) is 1. The molecule has 0 rings (SSSR count). The number of amides is 1. The molecule has 1 amide bonds. The zero-order valence-electron chi connectivity index (χ0n) is 13.9. The molecule has 0 bridgehead atoms. The van der Waals surface area contributed by atoms with Gasteiger partial charge in [0.2, 0.25) is 5.91 Å². The minimum absolute atomic E-state index is 0. The summed E-state index contributed by atoms with van der Waals surface area (Å²) >= 11 is 0. The van der Waals surface area contributed by atoms with Crippen LogP contribution in [0.15, 0.2) is 0 Å². The van der Waals surface area contributed by atoms with E-state index in [-0.39, 0.29) is 57.3 Å². The van der Waals surface area contributed by atoms with Crippen molar-refractivity contribution in [2.24, 2.45) is 0 Å². The van der Waals surface area contributed by atoms with Crippen molar-refractivity contribution in [1.82, 2.24) is 10.9 Å². The largest absolute Gasteiger partial charge is 1.00 e. The summed E-state index contributed by atoms with van der Waals surface area (Å²) in [5.41, 5.74) is 4.78. The van der Waals surface area contributed by atoms with Crippen LogP contribution in [0, 0.1) is 0 Å². The third-order valence-corrected chi connectivity index (χ3v) is 3.29. The Balaban J connectivity index is 0. The Bertz CT molecular complexity index is 276. The number of nitrogens with one attached hydrogen (secondary N) is 2. The summed E-state index contributed by atoms with van der Waals surface area (Å²) in [4.78, 5) is 21.8. The first-order valence-electron chi connectivity index (χ1n) is 7.83. The number of unbranched alkanes of at least 4 members (excludes halogenated alkanes) is 8. The molecule has 0 aromatic carbocycles. The maximum atomic E-state index is 11.4. The molecule has 1 unspecified atom stereocenters. The Kier molecular flexibility index (Phi) is 19.2. The number of carboxylic acids is 1. The quantitative estimate of drug-likeness (QED) is 0.250. The van der Waals surface area contributed by atoms with Gasteiger partial charge in [0.05, 0.1) is 12.0 Å². The molecule has 0 aliphatic carbocycles. The second kappa shape index (κ2) is 16.9. The summed E-state index contributed by atoms with van der Waals surface area (Å²) in [5.74, 6) is -1.39. The summed E-state index contributed by atoms with van der Waals surface area (Å²) in [6.45, 7) is 3.64. The van der Waals surface area contributed by atoms with Gasteiger partial charge in [0, 0.05) is 6.42 Å². The molecule has 0 fully saturated rings. The molecular formula is C15H29KN2O3. The van der Waals surface area contributed by atoms with E-state index in [1.54, 1.807) is 0 Å². The molecule has 6 heteroatoms. The number of rotatable bonds is 13. The van der Waals surface area contributed by atoms with Crippen LogP contribution in [0.1, 0.15) is 78.1 Å². The maximum absolute atomic E-state index is 11.4. The van der Waals surface area contributed by atoms with Gasteiger partial charge in [-0.1, -0.05) is 58.3 Å². The molecule has 0 heterocycles. The molecule has 0 saturated carbocycles. The number of hydrogen-bond donors (Lipinski definition) is 2. The fourth-order valence-corrected chi connectivity index (χ4v) is 1.91. The maximum Gasteiger partial charge on any atom is 1.00 e. The Morgan fingerprint density at radius 1 is 0.952 bits per heavy atom. The molecule has 5 nitrogen and oxygen atoms in total. The molecule has 118 valence electrons. The predicted octanol–water partition coefficient (Wildman–Crippen LogP) is -1.33. The van der Waals surface area contributed by atoms with Gasteiger partial charge in [0.1, 0.15) is 0 Å². The molecular weight excluding hydrogens is 295 g/mol. The zero-order chi connectivity index (χ0) is 15.2. The average Bonchev–Trinajstić information content (AvgIpc) is 2.42. The van der Waals surface area contributed by atoms with E-state index >= 15 is 0 Å². The minimum atomic E-state index is -1.23. The van der Waals surface area contributed by atoms with Crippen LogP contribution in [0.3, 0.4) is 0 Å². The Hall–Kier alpha value is 0.536. The van der Waals surface area contributed by atoms with Crippen LogP contribution in [0.4, 0.5) is 0 Å². The van der Waals surface area contributed by atoms with E-state index in [4.69, 9.17) is 0 Å². The van der Waals surface area contributed by atoms with Crippen molar-refractivity contribution in [2.45, 2.75) is 84.1 Å². The van der Waals surface area contributed by atoms with E-state index in [1.165, 1.54) is 51.9 Å². The normalized spacial score (nSPS) is 11.5. The zero-order valence-corrected chi connectivity index (χ0v) is 17.0. The fourth-order valence-electron chi connectivity index (χ4n) is 1.91. The van der Waals surface area contributed by atoms with E-state index in [2.05, 4.69) is 17.8 Å². The number of hydrogen-bond acceptors (Lipinski definition) is 4. The van der Waals surface area contributed by atoms with Gasteiger partial charge in [-0.25, -0.2) is 5.43 Å². The van der Waals surface area contributed by atoms with Gasteiger partial charge < -0.3 is 9.90 Å². The van der Waals surface area contributed by atoms with Crippen molar-refractivity contribution in [3.63, 3.8) is 0 Å². The van der Waals surface area contributed by atoms with Gasteiger partial charge in [-0.05, 0) is 13.3 Å². The van der Waals surface area contributed by atoms with Crippen molar-refractivity contribution < 1.29 is 66.1 Å². The van der Waals surface area contributed by atoms with Crippen LogP contribution in [0.2, 0.25) is 0 Å². The Labute approximate surface area is 171 Å². The van der Waals surface area contributed by atoms with E-state index in [1.807, 2.05) is 0 Å². The summed E-state index contributed by atoms with van der Waals surface area (Å²) in [6, 6.07) is -0.873. The summed E-state index contributed by atoms with van der Waals surface area (Å²) in [6.07, 6.45) is 11.3. The van der Waals surface area contributed by atoms with Crippen molar-refractivity contribution >= 4 is 11.9 Å². The summed E-state index contributed by atoms with van der Waals surface area (Å²) in [5, 5.41) is 10.4. The van der Waals surface area contributed by atoms with Crippen molar-refractivity contribution in [1.29, 1.82) is 0 Å². The van der Waals surface area contributed by atoms with E-state index in [0.717, 1.165) is 12.8 Å². The molecule has 21 heavy (non-hydrogen) atoms. The molecule has 2 N–H and O–H groups in total. The van der Waals surface area contributed by atoms with Crippen LogP contribution < -0.4 is 67.3 Å². The number of aliphatic carboxylic acids is 1. The van der Waals surface area contributed by atoms with Crippen LogP contribution in [0.5, 0.6) is 0 Å². The monoisotopic (exact) mass is 324 g/mol. The molecule has 0 saturated heterocycles. The predicted molar refractivity (Wildman–Crippen MR) is 77.6 cm³/mol. The smallest absolute Gasteiger partial charge is 0.548 e. The molecule has 1 atom stereocenters. The standard InChI is InChI=1S/C15H30N2O3.K/c1-3-4-5-6-7-8-9-10-11-12-14(18)17-16-13(2)15(19)20;/h13,16H,3-12H2,1-2H3,(H,17,18)(H,19,20);/q;+1/p-1. The van der Waals surface area contributed by atoms with Crippen LogP contribution in [-0.4, -0.2) is 17.9 Å². The molecule has 0 aliphatic rings. The van der Waals surface area contributed by atoms with Crippen LogP contribution in [0.25, 0.3) is 0 Å². The van der Waals surface area contributed by atoms with E-state index in [9.17, 15) is 14.7 Å². The molecule has 0 aliphatic heterocycles. The van der Waals surface area contributed by atoms with Crippen molar-refractivity contribution in [3.8, 4) is 0 Å². The average molecular weight is 325 g/mol. The molecule has 0 spiro atoms. The minimum Gasteiger partial charge on any atom is -0.548 e. The third kappa shape index (κ3) is 16.7. The number of carbonyl (C=O) groups excluding carboxylic acids is 2. The Morgan fingerprint density at radius 3 is 1.90 bits per heavy atom. The molecule has 0 aromatic heterocycles. The first-order chi connectivity index (χ1) is 9.57. The second-order valence-corrected chi connectivity index (χ2v) is 5.31. The Morgan fingerprint density at radius 2 is 1.43 bits per heavy atom. The van der Waals surface area contributed by atoms with Crippen LogP contribution in [-0.2, 0) is 9.59 Å². The second-order valence-electron chi connectivity index (χ2n) is 5.31. The SMILES string of the molecule is CCCCCCCCCCCC(=O)NNC(C)C(=O)[O-].[K+]. The first kappa shape index (κ1) is 23.8. The van der Waals surface area contributed by atoms with Gasteiger partial charge in [0.25, 0.3) is 0 Å². The fraction of sp³-hybridized carbons (Fsp3) is 0.867. The van der Waals surface area contributed by atoms with Crippen molar-refractivity contribution in [2.75, 3.05) is 0 Å². The van der Waals surface area contributed by atoms with Crippen molar-refractivity contribution in [3.05, 3.63) is 0 Å². The van der Waals surface area contributed by atoms with Gasteiger partial charge in [-0.2, -0.15) is 0 Å². The number of hydrazine groups is 1. The summed E-state index contributed by atoms with van der Waals surface area (Å²) < 4.78 is 0. The topological polar surface area (TPSA) is 81.3 Å². The van der Waals surface area contributed by atoms with E-state index in [0.29, 0.717) is 6.42 Å². The van der Waals surface area contributed by atoms with Gasteiger partial charge >= 0.3 is 51.4 Å².